The number of amides is 2. The normalized spacial score (nSPS) is 13.6. The second kappa shape index (κ2) is 8.75. The highest BCUT2D eigenvalue weighted by Crippen LogP contribution is 2.23. The molecule has 10 nitrogen and oxygen atoms in total. The Balaban J connectivity index is 1.52. The number of imidazole rings is 1. The van der Waals surface area contributed by atoms with Crippen LogP contribution in [-0.2, 0) is 32.7 Å². The molecular weight excluding hydrogens is 448 g/mol. The number of aromatic nitrogens is 2. The summed E-state index contributed by atoms with van der Waals surface area (Å²) in [6.45, 7) is 1.90. The van der Waals surface area contributed by atoms with Gasteiger partial charge in [0.1, 0.15) is 19.0 Å². The van der Waals surface area contributed by atoms with E-state index in [1.54, 1.807) is 18.2 Å². The lowest BCUT2D eigenvalue weighted by Gasteiger charge is -2.13. The number of rotatable bonds is 8. The molecule has 1 aromatic heterocycles. The fourth-order valence-corrected chi connectivity index (χ4v) is 4.25. The van der Waals surface area contributed by atoms with Crippen molar-refractivity contribution in [2.24, 2.45) is 5.14 Å². The van der Waals surface area contributed by atoms with Crippen LogP contribution >= 0.6 is 0 Å². The number of ether oxygens (including phenoxy) is 1. The minimum absolute atomic E-state index is 0.0655. The molecule has 1 aliphatic heterocycles. The van der Waals surface area contributed by atoms with E-state index in [1.165, 1.54) is 24.3 Å². The number of nitrogens with two attached hydrogens (primary N) is 1. The van der Waals surface area contributed by atoms with Crippen LogP contribution in [-0.4, -0.2) is 47.2 Å². The number of esters is 1. The lowest BCUT2D eigenvalue weighted by Crippen LogP contribution is -2.35. The number of carbonyl (C=O) groups excluding carboxylic acids is 3. The molecular formula is C22H22N4O6S. The van der Waals surface area contributed by atoms with Crippen LogP contribution in [0.3, 0.4) is 0 Å². The summed E-state index contributed by atoms with van der Waals surface area (Å²) in [5.74, 6) is -1.43. The van der Waals surface area contributed by atoms with Crippen molar-refractivity contribution in [3.63, 3.8) is 0 Å². The summed E-state index contributed by atoms with van der Waals surface area (Å²) in [5.41, 5.74) is 1.59. The average Bonchev–Trinajstić information content (AvgIpc) is 3.25. The van der Waals surface area contributed by atoms with Crippen molar-refractivity contribution in [1.82, 2.24) is 14.5 Å². The Morgan fingerprint density at radius 3 is 2.36 bits per heavy atom. The molecule has 0 bridgehead atoms. The number of carbonyl (C=O) groups is 3. The summed E-state index contributed by atoms with van der Waals surface area (Å²) in [5, 5.41) is 5.21. The first-order valence-corrected chi connectivity index (χ1v) is 11.9. The SMILES string of the molecule is CCCCn1c(COC(=O)CN2C(=O)c3ccccc3C2=O)nc2cc(S(N)(=O)=O)ccc21. The molecule has 0 atom stereocenters. The predicted molar refractivity (Wildman–Crippen MR) is 118 cm³/mol. The van der Waals surface area contributed by atoms with Gasteiger partial charge in [-0.15, -0.1) is 0 Å². The number of benzene rings is 2. The lowest BCUT2D eigenvalue weighted by molar-refractivity contribution is -0.145. The van der Waals surface area contributed by atoms with E-state index >= 15 is 0 Å². The van der Waals surface area contributed by atoms with Gasteiger partial charge < -0.3 is 9.30 Å². The molecule has 33 heavy (non-hydrogen) atoms. The van der Waals surface area contributed by atoms with Crippen molar-refractivity contribution in [2.45, 2.75) is 37.8 Å². The van der Waals surface area contributed by atoms with Gasteiger partial charge in [0.05, 0.1) is 27.1 Å². The minimum atomic E-state index is -3.89. The van der Waals surface area contributed by atoms with Gasteiger partial charge in [-0.1, -0.05) is 25.5 Å². The minimum Gasteiger partial charge on any atom is -0.456 e. The molecule has 4 rings (SSSR count). The second-order valence-corrected chi connectivity index (χ2v) is 9.19. The average molecular weight is 471 g/mol. The molecule has 0 saturated heterocycles. The summed E-state index contributed by atoms with van der Waals surface area (Å²) >= 11 is 0. The van der Waals surface area contributed by atoms with Gasteiger partial charge in [0.15, 0.2) is 0 Å². The first-order valence-electron chi connectivity index (χ1n) is 10.3. The summed E-state index contributed by atoms with van der Waals surface area (Å²) in [7, 11) is -3.89. The van der Waals surface area contributed by atoms with E-state index in [-0.39, 0.29) is 22.6 Å². The molecule has 2 aromatic carbocycles. The number of hydrogen-bond acceptors (Lipinski definition) is 7. The van der Waals surface area contributed by atoms with Crippen LogP contribution in [0.15, 0.2) is 47.4 Å². The van der Waals surface area contributed by atoms with Crippen molar-refractivity contribution in [1.29, 1.82) is 0 Å². The summed E-state index contributed by atoms with van der Waals surface area (Å²) in [6, 6.07) is 10.8. The number of primary sulfonamides is 1. The first-order chi connectivity index (χ1) is 15.7. The molecule has 1 aliphatic rings. The molecule has 3 aromatic rings. The maximum atomic E-state index is 12.4. The fourth-order valence-electron chi connectivity index (χ4n) is 3.71. The molecule has 0 unspecified atom stereocenters. The van der Waals surface area contributed by atoms with Crippen molar-refractivity contribution in [3.05, 3.63) is 59.4 Å². The number of imide groups is 1. The van der Waals surface area contributed by atoms with Crippen LogP contribution in [0.25, 0.3) is 11.0 Å². The fraction of sp³-hybridized carbons (Fsp3) is 0.273. The molecule has 0 fully saturated rings. The molecule has 2 heterocycles. The number of unbranched alkanes of at least 4 members (excludes halogenated alkanes) is 1. The van der Waals surface area contributed by atoms with Crippen LogP contribution in [0, 0.1) is 0 Å². The molecule has 11 heteroatoms. The highest BCUT2D eigenvalue weighted by atomic mass is 32.2. The maximum Gasteiger partial charge on any atom is 0.326 e. The number of aryl methyl sites for hydroxylation is 1. The number of hydrogen-bond donors (Lipinski definition) is 1. The van der Waals surface area contributed by atoms with Gasteiger partial charge in [-0.2, -0.15) is 0 Å². The lowest BCUT2D eigenvalue weighted by atomic mass is 10.1. The molecule has 0 aliphatic carbocycles. The Hall–Kier alpha value is -3.57. The van der Waals surface area contributed by atoms with Gasteiger partial charge >= 0.3 is 5.97 Å². The molecule has 172 valence electrons. The Morgan fingerprint density at radius 2 is 1.76 bits per heavy atom. The Morgan fingerprint density at radius 1 is 1.09 bits per heavy atom. The largest absolute Gasteiger partial charge is 0.456 e. The quantitative estimate of drug-likeness (QED) is 0.391. The van der Waals surface area contributed by atoms with Gasteiger partial charge in [0.2, 0.25) is 10.0 Å². The van der Waals surface area contributed by atoms with Crippen LogP contribution < -0.4 is 5.14 Å². The molecule has 0 saturated carbocycles. The zero-order chi connectivity index (χ0) is 23.8. The second-order valence-electron chi connectivity index (χ2n) is 7.63. The van der Waals surface area contributed by atoms with E-state index in [4.69, 9.17) is 9.88 Å². The van der Waals surface area contributed by atoms with E-state index in [0.717, 1.165) is 17.7 Å². The van der Waals surface area contributed by atoms with E-state index in [2.05, 4.69) is 4.98 Å². The molecule has 0 radical (unpaired) electrons. The molecule has 2 amide bonds. The van der Waals surface area contributed by atoms with Gasteiger partial charge in [-0.05, 0) is 36.8 Å². The van der Waals surface area contributed by atoms with Crippen molar-refractivity contribution in [2.75, 3.05) is 6.54 Å². The maximum absolute atomic E-state index is 12.4. The summed E-state index contributed by atoms with van der Waals surface area (Å²) < 4.78 is 30.5. The van der Waals surface area contributed by atoms with E-state index in [0.29, 0.717) is 23.4 Å². The zero-order valence-electron chi connectivity index (χ0n) is 17.9. The van der Waals surface area contributed by atoms with Crippen molar-refractivity contribution >= 4 is 38.8 Å². The van der Waals surface area contributed by atoms with Gasteiger partial charge in [-0.25, -0.2) is 18.5 Å². The smallest absolute Gasteiger partial charge is 0.326 e. The number of sulfonamides is 1. The topological polar surface area (TPSA) is 142 Å². The van der Waals surface area contributed by atoms with Gasteiger partial charge in [0, 0.05) is 6.54 Å². The number of nitrogens with zero attached hydrogens (tertiary/aromatic N) is 3. The van der Waals surface area contributed by atoms with Crippen LogP contribution in [0.5, 0.6) is 0 Å². The highest BCUT2D eigenvalue weighted by molar-refractivity contribution is 7.89. The first kappa shape index (κ1) is 22.6. The van der Waals surface area contributed by atoms with Gasteiger partial charge in [0.25, 0.3) is 11.8 Å². The predicted octanol–water partition coefficient (Wildman–Crippen LogP) is 1.82. The third-order valence-electron chi connectivity index (χ3n) is 5.39. The highest BCUT2D eigenvalue weighted by Gasteiger charge is 2.36. The van der Waals surface area contributed by atoms with E-state index < -0.39 is 34.4 Å². The van der Waals surface area contributed by atoms with Crippen molar-refractivity contribution < 1.29 is 27.5 Å². The third-order valence-corrected chi connectivity index (χ3v) is 6.30. The third kappa shape index (κ3) is 4.37. The van der Waals surface area contributed by atoms with E-state index in [9.17, 15) is 22.8 Å². The Labute approximate surface area is 190 Å². The van der Waals surface area contributed by atoms with E-state index in [1.807, 2.05) is 11.5 Å². The number of fused-ring (bicyclic) bond motifs is 2. The summed E-state index contributed by atoms with van der Waals surface area (Å²) in [4.78, 5) is 42.5. The molecule has 0 spiro atoms. The summed E-state index contributed by atoms with van der Waals surface area (Å²) in [6.07, 6.45) is 1.74. The van der Waals surface area contributed by atoms with Gasteiger partial charge in [-0.3, -0.25) is 19.3 Å². The monoisotopic (exact) mass is 470 g/mol. The molecule has 2 N–H and O–H groups in total. The van der Waals surface area contributed by atoms with Crippen LogP contribution in [0.4, 0.5) is 0 Å². The zero-order valence-corrected chi connectivity index (χ0v) is 18.7. The Bertz CT molecular complexity index is 1340. The van der Waals surface area contributed by atoms with Crippen LogP contribution in [0.1, 0.15) is 46.3 Å². The van der Waals surface area contributed by atoms with Crippen LogP contribution in [0.2, 0.25) is 0 Å². The standard InChI is InChI=1S/C22H22N4O6S/c1-2-3-10-25-18-9-8-14(33(23,30)31)11-17(18)24-19(25)13-32-20(27)12-26-21(28)15-6-4-5-7-16(15)22(26)29/h4-9,11H,2-3,10,12-13H2,1H3,(H2,23,30,31). The van der Waals surface area contributed by atoms with Crippen molar-refractivity contribution in [3.8, 4) is 0 Å². The Kier molecular flexibility index (Phi) is 6.00.